The summed E-state index contributed by atoms with van der Waals surface area (Å²) in [6, 6.07) is 6.71. The van der Waals surface area contributed by atoms with Crippen molar-refractivity contribution in [3.63, 3.8) is 0 Å². The normalized spacial score (nSPS) is 11.6. The molecule has 0 fully saturated rings. The molecule has 2 N–H and O–H groups in total. The summed E-state index contributed by atoms with van der Waals surface area (Å²) in [6.07, 6.45) is 2.93. The van der Waals surface area contributed by atoms with Crippen LogP contribution in [0.5, 0.6) is 0 Å². The molecule has 24 heavy (non-hydrogen) atoms. The molecule has 0 unspecified atom stereocenters. The van der Waals surface area contributed by atoms with Crippen LogP contribution in [0.3, 0.4) is 0 Å². The van der Waals surface area contributed by atoms with Crippen molar-refractivity contribution in [2.45, 2.75) is 40.0 Å². The molecule has 1 aromatic heterocycles. The summed E-state index contributed by atoms with van der Waals surface area (Å²) < 4.78 is 0. The topological polar surface area (TPSA) is 49.3 Å². The van der Waals surface area contributed by atoms with E-state index in [0.717, 1.165) is 44.0 Å². The highest BCUT2D eigenvalue weighted by Gasteiger charge is 2.02. The van der Waals surface area contributed by atoms with Crippen LogP contribution >= 0.6 is 11.3 Å². The van der Waals surface area contributed by atoms with Crippen LogP contribution in [0.1, 0.15) is 34.3 Å². The fourth-order valence-electron chi connectivity index (χ4n) is 2.69. The van der Waals surface area contributed by atoms with E-state index in [0.29, 0.717) is 0 Å². The van der Waals surface area contributed by atoms with Crippen LogP contribution in [0, 0.1) is 13.8 Å². The maximum absolute atomic E-state index is 4.59. The van der Waals surface area contributed by atoms with Crippen molar-refractivity contribution >= 4 is 17.3 Å². The summed E-state index contributed by atoms with van der Waals surface area (Å²) in [4.78, 5) is 8.87. The molecule has 0 amide bonds. The average Bonchev–Trinajstić information content (AvgIpc) is 3.00. The Balaban J connectivity index is 1.72. The summed E-state index contributed by atoms with van der Waals surface area (Å²) in [6.45, 7) is 8.15. The fraction of sp³-hybridized carbons (Fsp3) is 0.474. The van der Waals surface area contributed by atoms with Crippen molar-refractivity contribution in [3.05, 3.63) is 51.0 Å². The number of guanidine groups is 1. The molecule has 0 aliphatic heterocycles. The van der Waals surface area contributed by atoms with Gasteiger partial charge in [-0.25, -0.2) is 4.98 Å². The third-order valence-electron chi connectivity index (χ3n) is 3.79. The van der Waals surface area contributed by atoms with Crippen molar-refractivity contribution in [1.29, 1.82) is 0 Å². The summed E-state index contributed by atoms with van der Waals surface area (Å²) in [5, 5.41) is 10.1. The molecule has 130 valence electrons. The maximum atomic E-state index is 4.59. The summed E-state index contributed by atoms with van der Waals surface area (Å²) >= 11 is 1.74. The molecular formula is C19H28N4S. The van der Waals surface area contributed by atoms with E-state index >= 15 is 0 Å². The third-order valence-corrected chi connectivity index (χ3v) is 4.83. The first-order chi connectivity index (χ1) is 11.6. The van der Waals surface area contributed by atoms with Crippen molar-refractivity contribution in [2.75, 3.05) is 20.1 Å². The van der Waals surface area contributed by atoms with Crippen molar-refractivity contribution in [2.24, 2.45) is 4.99 Å². The van der Waals surface area contributed by atoms with Gasteiger partial charge in [0.05, 0.1) is 10.7 Å². The van der Waals surface area contributed by atoms with E-state index < -0.39 is 0 Å². The van der Waals surface area contributed by atoms with Gasteiger partial charge in [0, 0.05) is 31.9 Å². The van der Waals surface area contributed by atoms with Crippen LogP contribution < -0.4 is 10.6 Å². The molecule has 2 aromatic rings. The van der Waals surface area contributed by atoms with Gasteiger partial charge in [0.2, 0.25) is 0 Å². The second-order valence-corrected chi connectivity index (χ2v) is 6.95. The molecule has 2 rings (SSSR count). The zero-order chi connectivity index (χ0) is 17.4. The molecular weight excluding hydrogens is 316 g/mol. The second-order valence-electron chi connectivity index (χ2n) is 6.01. The van der Waals surface area contributed by atoms with Gasteiger partial charge >= 0.3 is 0 Å². The Kier molecular flexibility index (Phi) is 7.25. The van der Waals surface area contributed by atoms with Gasteiger partial charge in [-0.3, -0.25) is 4.99 Å². The highest BCUT2D eigenvalue weighted by molar-refractivity contribution is 7.09. The third kappa shape index (κ3) is 5.96. The molecule has 5 heteroatoms. The quantitative estimate of drug-likeness (QED) is 0.599. The molecule has 4 nitrogen and oxygen atoms in total. The van der Waals surface area contributed by atoms with Gasteiger partial charge in [0.15, 0.2) is 5.96 Å². The van der Waals surface area contributed by atoms with Gasteiger partial charge in [-0.1, -0.05) is 36.2 Å². The Morgan fingerprint density at radius 2 is 1.75 bits per heavy atom. The molecule has 0 atom stereocenters. The predicted molar refractivity (Wildman–Crippen MR) is 104 cm³/mol. The monoisotopic (exact) mass is 344 g/mol. The number of nitrogens with one attached hydrogen (secondary N) is 2. The fourth-order valence-corrected chi connectivity index (χ4v) is 3.47. The largest absolute Gasteiger partial charge is 0.356 e. The smallest absolute Gasteiger partial charge is 0.190 e. The lowest BCUT2D eigenvalue weighted by molar-refractivity contribution is 0.776. The van der Waals surface area contributed by atoms with E-state index in [-0.39, 0.29) is 0 Å². The standard InChI is InChI=1S/C19H28N4S/c1-5-18-23-17(13-24-18)7-9-22-19(20-4)21-8-6-16-11-14(2)10-15(3)12-16/h10-13H,5-9H2,1-4H3,(H2,20,21,22). The van der Waals surface area contributed by atoms with E-state index in [1.165, 1.54) is 21.7 Å². The highest BCUT2D eigenvalue weighted by atomic mass is 32.1. The Labute approximate surface area is 149 Å². The Morgan fingerprint density at radius 1 is 1.08 bits per heavy atom. The average molecular weight is 345 g/mol. The van der Waals surface area contributed by atoms with Gasteiger partial charge < -0.3 is 10.6 Å². The minimum Gasteiger partial charge on any atom is -0.356 e. The molecule has 0 saturated carbocycles. The van der Waals surface area contributed by atoms with Gasteiger partial charge in [-0.15, -0.1) is 11.3 Å². The van der Waals surface area contributed by atoms with Crippen LogP contribution in [-0.2, 0) is 19.3 Å². The predicted octanol–water partition coefficient (Wildman–Crippen LogP) is 3.27. The van der Waals surface area contributed by atoms with Crippen LogP contribution in [0.25, 0.3) is 0 Å². The SMILES string of the molecule is CCc1nc(CCNC(=NC)NCCc2cc(C)cc(C)c2)cs1. The molecule has 0 spiro atoms. The number of benzene rings is 1. The van der Waals surface area contributed by atoms with Crippen LogP contribution in [0.15, 0.2) is 28.6 Å². The number of nitrogens with zero attached hydrogens (tertiary/aromatic N) is 2. The maximum Gasteiger partial charge on any atom is 0.190 e. The number of hydrogen-bond acceptors (Lipinski definition) is 3. The van der Waals surface area contributed by atoms with Crippen molar-refractivity contribution < 1.29 is 0 Å². The van der Waals surface area contributed by atoms with E-state index in [1.54, 1.807) is 11.3 Å². The Morgan fingerprint density at radius 3 is 2.33 bits per heavy atom. The van der Waals surface area contributed by atoms with Crippen molar-refractivity contribution in [3.8, 4) is 0 Å². The first kappa shape index (κ1) is 18.5. The first-order valence-corrected chi connectivity index (χ1v) is 9.43. The van der Waals surface area contributed by atoms with Gasteiger partial charge in [0.1, 0.15) is 0 Å². The number of rotatable bonds is 7. The highest BCUT2D eigenvalue weighted by Crippen LogP contribution is 2.10. The number of aromatic nitrogens is 1. The Hall–Kier alpha value is -1.88. The lowest BCUT2D eigenvalue weighted by atomic mass is 10.1. The van der Waals surface area contributed by atoms with Crippen LogP contribution in [-0.4, -0.2) is 31.1 Å². The molecule has 0 aliphatic carbocycles. The van der Waals surface area contributed by atoms with Gasteiger partial charge in [-0.2, -0.15) is 0 Å². The number of hydrogen-bond donors (Lipinski definition) is 2. The molecule has 1 aromatic carbocycles. The second kappa shape index (κ2) is 9.42. The first-order valence-electron chi connectivity index (χ1n) is 8.55. The Bertz CT molecular complexity index is 656. The van der Waals surface area contributed by atoms with E-state index in [2.05, 4.69) is 65.0 Å². The summed E-state index contributed by atoms with van der Waals surface area (Å²) in [7, 11) is 1.81. The van der Waals surface area contributed by atoms with E-state index in [1.807, 2.05) is 7.05 Å². The zero-order valence-corrected chi connectivity index (χ0v) is 16.0. The lowest BCUT2D eigenvalue weighted by Crippen LogP contribution is -2.39. The minimum atomic E-state index is 0.843. The molecule has 0 aliphatic rings. The zero-order valence-electron chi connectivity index (χ0n) is 15.1. The number of aryl methyl sites for hydroxylation is 3. The summed E-state index contributed by atoms with van der Waals surface area (Å²) in [5.41, 5.74) is 5.17. The molecule has 0 bridgehead atoms. The molecule has 0 saturated heterocycles. The number of aliphatic imine (C=N–C) groups is 1. The minimum absolute atomic E-state index is 0.843. The van der Waals surface area contributed by atoms with Gasteiger partial charge in [-0.05, 0) is 32.3 Å². The lowest BCUT2D eigenvalue weighted by Gasteiger charge is -2.12. The van der Waals surface area contributed by atoms with Crippen molar-refractivity contribution in [1.82, 2.24) is 15.6 Å². The van der Waals surface area contributed by atoms with Gasteiger partial charge in [0.25, 0.3) is 0 Å². The summed E-state index contributed by atoms with van der Waals surface area (Å²) in [5.74, 6) is 0.852. The van der Waals surface area contributed by atoms with Crippen LogP contribution in [0.4, 0.5) is 0 Å². The number of thiazole rings is 1. The van der Waals surface area contributed by atoms with E-state index in [4.69, 9.17) is 0 Å². The molecule has 1 heterocycles. The van der Waals surface area contributed by atoms with E-state index in [9.17, 15) is 0 Å². The molecule has 0 radical (unpaired) electrons. The van der Waals surface area contributed by atoms with Crippen LogP contribution in [0.2, 0.25) is 0 Å².